The molecule has 3 nitrogen and oxygen atoms in total. The van der Waals surface area contributed by atoms with Crippen molar-refractivity contribution in [3.8, 4) is 0 Å². The van der Waals surface area contributed by atoms with E-state index in [0.717, 1.165) is 22.4 Å². The maximum absolute atomic E-state index is 11.4. The van der Waals surface area contributed by atoms with Crippen molar-refractivity contribution in [3.05, 3.63) is 64.7 Å². The van der Waals surface area contributed by atoms with Crippen LogP contribution in [0.4, 0.5) is 5.69 Å². The number of benzene rings is 2. The zero-order chi connectivity index (χ0) is 14.7. The summed E-state index contributed by atoms with van der Waals surface area (Å²) in [6.07, 6.45) is 0. The molecule has 1 N–H and O–H groups in total. The van der Waals surface area contributed by atoms with E-state index in [2.05, 4.69) is 5.32 Å². The lowest BCUT2D eigenvalue weighted by Gasteiger charge is -2.22. The zero-order valence-electron chi connectivity index (χ0n) is 11.9. The predicted octanol–water partition coefficient (Wildman–Crippen LogP) is 2.51. The van der Waals surface area contributed by atoms with Gasteiger partial charge in [0.1, 0.15) is 0 Å². The van der Waals surface area contributed by atoms with Crippen molar-refractivity contribution in [2.45, 2.75) is 26.8 Å². The lowest BCUT2D eigenvalue weighted by molar-refractivity contribution is -0.307. The van der Waals surface area contributed by atoms with Crippen LogP contribution in [0.3, 0.4) is 0 Å². The second kappa shape index (κ2) is 5.78. The zero-order valence-corrected chi connectivity index (χ0v) is 11.9. The van der Waals surface area contributed by atoms with E-state index in [1.54, 1.807) is 0 Å². The molecule has 0 aliphatic carbocycles. The van der Waals surface area contributed by atoms with E-state index < -0.39 is 12.0 Å². The molecule has 2 aromatic carbocycles. The minimum atomic E-state index is -1.13. The molecule has 2 rings (SSSR count). The van der Waals surface area contributed by atoms with Gasteiger partial charge in [0.15, 0.2) is 0 Å². The molecule has 0 amide bonds. The lowest BCUT2D eigenvalue weighted by Crippen LogP contribution is -2.34. The summed E-state index contributed by atoms with van der Waals surface area (Å²) >= 11 is 0. The van der Waals surface area contributed by atoms with Gasteiger partial charge in [-0.3, -0.25) is 0 Å². The standard InChI is InChI=1S/C17H19NO2/c1-11-4-6-14(7-5-11)16(17(19)20)18-15-9-12(2)8-13(3)10-15/h4-10,16,18H,1-3H3,(H,19,20)/p-1/t16-/m0/s1. The van der Waals surface area contributed by atoms with E-state index in [9.17, 15) is 9.90 Å². The maximum atomic E-state index is 11.4. The maximum Gasteiger partial charge on any atom is 0.0912 e. The number of anilines is 1. The Morgan fingerprint density at radius 3 is 2.00 bits per heavy atom. The minimum Gasteiger partial charge on any atom is -0.548 e. The van der Waals surface area contributed by atoms with Crippen molar-refractivity contribution in [2.24, 2.45) is 0 Å². The predicted molar refractivity (Wildman–Crippen MR) is 78.5 cm³/mol. The van der Waals surface area contributed by atoms with Crippen LogP contribution in [-0.4, -0.2) is 5.97 Å². The topological polar surface area (TPSA) is 52.2 Å². The summed E-state index contributed by atoms with van der Waals surface area (Å²) < 4.78 is 0. The van der Waals surface area contributed by atoms with Crippen LogP contribution >= 0.6 is 0 Å². The van der Waals surface area contributed by atoms with E-state index in [1.165, 1.54) is 0 Å². The summed E-state index contributed by atoms with van der Waals surface area (Å²) in [5.74, 6) is -1.13. The molecule has 0 spiro atoms. The second-order valence-electron chi connectivity index (χ2n) is 5.18. The van der Waals surface area contributed by atoms with Crippen LogP contribution in [0, 0.1) is 20.8 Å². The molecule has 0 saturated heterocycles. The highest BCUT2D eigenvalue weighted by atomic mass is 16.4. The smallest absolute Gasteiger partial charge is 0.0912 e. The fourth-order valence-electron chi connectivity index (χ4n) is 2.26. The molecule has 0 bridgehead atoms. The van der Waals surface area contributed by atoms with Gasteiger partial charge in [-0.15, -0.1) is 0 Å². The summed E-state index contributed by atoms with van der Waals surface area (Å²) in [6, 6.07) is 12.5. The average molecular weight is 268 g/mol. The fourth-order valence-corrected chi connectivity index (χ4v) is 2.26. The van der Waals surface area contributed by atoms with E-state index in [4.69, 9.17) is 0 Å². The Morgan fingerprint density at radius 1 is 0.950 bits per heavy atom. The third-order valence-corrected chi connectivity index (χ3v) is 3.18. The van der Waals surface area contributed by atoms with Gasteiger partial charge in [0.25, 0.3) is 0 Å². The highest BCUT2D eigenvalue weighted by Crippen LogP contribution is 2.21. The molecule has 2 aromatic rings. The van der Waals surface area contributed by atoms with Crippen LogP contribution in [0.2, 0.25) is 0 Å². The van der Waals surface area contributed by atoms with Gasteiger partial charge in [-0.25, -0.2) is 0 Å². The van der Waals surface area contributed by atoms with Crippen LogP contribution in [0.15, 0.2) is 42.5 Å². The van der Waals surface area contributed by atoms with Crippen LogP contribution < -0.4 is 10.4 Å². The van der Waals surface area contributed by atoms with Gasteiger partial charge in [0, 0.05) is 5.69 Å². The third kappa shape index (κ3) is 3.38. The number of carbonyl (C=O) groups is 1. The van der Waals surface area contributed by atoms with E-state index in [1.807, 2.05) is 63.2 Å². The third-order valence-electron chi connectivity index (χ3n) is 3.18. The van der Waals surface area contributed by atoms with Crippen LogP contribution in [0.25, 0.3) is 0 Å². The number of hydrogen-bond acceptors (Lipinski definition) is 3. The van der Waals surface area contributed by atoms with Crippen LogP contribution in [0.1, 0.15) is 28.3 Å². The number of carboxylic acid groups (broad SMARTS) is 1. The summed E-state index contributed by atoms with van der Waals surface area (Å²) in [4.78, 5) is 11.4. The molecule has 0 aliphatic heterocycles. The lowest BCUT2D eigenvalue weighted by atomic mass is 10.0. The molecule has 1 atom stereocenters. The summed E-state index contributed by atoms with van der Waals surface area (Å²) in [7, 11) is 0. The first-order valence-electron chi connectivity index (χ1n) is 6.58. The summed E-state index contributed by atoms with van der Waals surface area (Å²) in [5, 5.41) is 14.4. The molecule has 3 heteroatoms. The van der Waals surface area contributed by atoms with Crippen molar-refractivity contribution >= 4 is 11.7 Å². The Labute approximate surface area is 119 Å². The number of carboxylic acids is 1. The van der Waals surface area contributed by atoms with Gasteiger partial charge in [-0.1, -0.05) is 35.9 Å². The molecule has 0 radical (unpaired) electrons. The fraction of sp³-hybridized carbons (Fsp3) is 0.235. The Morgan fingerprint density at radius 2 is 1.50 bits per heavy atom. The number of aryl methyl sites for hydroxylation is 3. The van der Waals surface area contributed by atoms with Crippen molar-refractivity contribution in [1.82, 2.24) is 0 Å². The Kier molecular flexibility index (Phi) is 4.08. The van der Waals surface area contributed by atoms with Gasteiger partial charge in [-0.05, 0) is 49.6 Å². The van der Waals surface area contributed by atoms with E-state index in [0.29, 0.717) is 5.56 Å². The Bertz CT molecular complexity index is 597. The number of hydrogen-bond donors (Lipinski definition) is 1. The van der Waals surface area contributed by atoms with Gasteiger partial charge in [-0.2, -0.15) is 0 Å². The first-order valence-corrected chi connectivity index (χ1v) is 6.58. The van der Waals surface area contributed by atoms with Crippen LogP contribution in [-0.2, 0) is 4.79 Å². The molecular formula is C17H18NO2-. The van der Waals surface area contributed by atoms with Gasteiger partial charge >= 0.3 is 0 Å². The molecule has 0 saturated carbocycles. The summed E-state index contributed by atoms with van der Waals surface area (Å²) in [5.41, 5.74) is 4.76. The van der Waals surface area contributed by atoms with Gasteiger partial charge in [0.2, 0.25) is 0 Å². The van der Waals surface area contributed by atoms with E-state index >= 15 is 0 Å². The van der Waals surface area contributed by atoms with E-state index in [-0.39, 0.29) is 0 Å². The normalized spacial score (nSPS) is 11.9. The molecule has 0 aliphatic rings. The van der Waals surface area contributed by atoms with Gasteiger partial charge in [0.05, 0.1) is 12.0 Å². The van der Waals surface area contributed by atoms with Crippen LogP contribution in [0.5, 0.6) is 0 Å². The average Bonchev–Trinajstić information content (AvgIpc) is 2.36. The molecule has 0 heterocycles. The highest BCUT2D eigenvalue weighted by Gasteiger charge is 2.12. The SMILES string of the molecule is Cc1ccc([C@H](Nc2cc(C)cc(C)c2)C(=O)[O-])cc1. The molecule has 0 unspecified atom stereocenters. The monoisotopic (exact) mass is 268 g/mol. The van der Waals surface area contributed by atoms with Crippen molar-refractivity contribution in [1.29, 1.82) is 0 Å². The van der Waals surface area contributed by atoms with Crippen molar-refractivity contribution in [2.75, 3.05) is 5.32 Å². The van der Waals surface area contributed by atoms with Crippen molar-refractivity contribution < 1.29 is 9.90 Å². The Balaban J connectivity index is 2.30. The quantitative estimate of drug-likeness (QED) is 0.927. The molecule has 20 heavy (non-hydrogen) atoms. The first kappa shape index (κ1) is 14.1. The molecular weight excluding hydrogens is 250 g/mol. The van der Waals surface area contributed by atoms with Gasteiger partial charge < -0.3 is 15.2 Å². The Hall–Kier alpha value is -2.29. The molecule has 0 aromatic heterocycles. The highest BCUT2D eigenvalue weighted by molar-refractivity contribution is 5.77. The number of nitrogens with one attached hydrogen (secondary N) is 1. The van der Waals surface area contributed by atoms with Crippen molar-refractivity contribution in [3.63, 3.8) is 0 Å². The second-order valence-corrected chi connectivity index (χ2v) is 5.18. The number of carbonyl (C=O) groups excluding carboxylic acids is 1. The molecule has 0 fully saturated rings. The largest absolute Gasteiger partial charge is 0.548 e. The minimum absolute atomic E-state index is 0.690. The first-order chi connectivity index (χ1) is 9.45. The number of rotatable bonds is 4. The summed E-state index contributed by atoms with van der Waals surface area (Å²) in [6.45, 7) is 5.94. The number of aliphatic carboxylic acids is 1. The molecule has 104 valence electrons.